The number of para-hydroxylation sites is 3. The van der Waals surface area contributed by atoms with Crippen LogP contribution in [0.15, 0.2) is 182 Å². The lowest BCUT2D eigenvalue weighted by atomic mass is 9.98. The van der Waals surface area contributed by atoms with Crippen molar-refractivity contribution in [3.05, 3.63) is 188 Å². The van der Waals surface area contributed by atoms with Crippen LogP contribution in [0.4, 0.5) is 17.1 Å². The molecule has 0 aliphatic heterocycles. The van der Waals surface area contributed by atoms with E-state index < -0.39 is 0 Å². The average molecular weight is 676 g/mol. The monoisotopic (exact) mass is 675 g/mol. The number of pyridine rings is 1. The molecule has 2 heterocycles. The second kappa shape index (κ2) is 11.5. The van der Waals surface area contributed by atoms with E-state index in [0.717, 1.165) is 28.2 Å². The number of hydrogen-bond donors (Lipinski definition) is 0. The van der Waals surface area contributed by atoms with Gasteiger partial charge in [-0.2, -0.15) is 0 Å². The Balaban J connectivity index is 1.04. The zero-order valence-corrected chi connectivity index (χ0v) is 29.2. The molecule has 0 fully saturated rings. The Morgan fingerprint density at radius 3 is 1.98 bits per heavy atom. The topological polar surface area (TPSA) is 21.1 Å². The van der Waals surface area contributed by atoms with Gasteiger partial charge in [0.15, 0.2) is 0 Å². The van der Waals surface area contributed by atoms with Crippen LogP contribution in [-0.4, -0.2) is 9.55 Å². The fraction of sp³-hybridized carbons (Fsp3) is 0.0200. The maximum atomic E-state index is 5.21. The summed E-state index contributed by atoms with van der Waals surface area (Å²) in [6.07, 6.45) is 2.08. The molecule has 3 nitrogen and oxygen atoms in total. The van der Waals surface area contributed by atoms with Gasteiger partial charge >= 0.3 is 0 Å². The highest BCUT2D eigenvalue weighted by Gasteiger charge is 2.25. The maximum Gasteiger partial charge on any atom is 0.145 e. The molecule has 10 aromatic rings. The first-order valence-electron chi connectivity index (χ1n) is 18.2. The van der Waals surface area contributed by atoms with E-state index in [-0.39, 0.29) is 0 Å². The van der Waals surface area contributed by atoms with Gasteiger partial charge in [0.25, 0.3) is 0 Å². The number of rotatable bonds is 5. The molecule has 0 amide bonds. The Hall–Kier alpha value is -6.97. The second-order valence-corrected chi connectivity index (χ2v) is 14.0. The van der Waals surface area contributed by atoms with Gasteiger partial charge in [-0.3, -0.25) is 4.57 Å². The third-order valence-corrected chi connectivity index (χ3v) is 11.1. The van der Waals surface area contributed by atoms with Gasteiger partial charge in [-0.15, -0.1) is 0 Å². The minimum Gasteiger partial charge on any atom is -0.310 e. The van der Waals surface area contributed by atoms with Crippen LogP contribution in [0.25, 0.3) is 82.5 Å². The van der Waals surface area contributed by atoms with E-state index in [1.165, 1.54) is 76.9 Å². The number of hydrogen-bond acceptors (Lipinski definition) is 2. The Morgan fingerprint density at radius 2 is 1.13 bits per heavy atom. The molecule has 8 aromatic carbocycles. The predicted octanol–water partition coefficient (Wildman–Crippen LogP) is 13.6. The molecule has 0 atom stereocenters. The summed E-state index contributed by atoms with van der Waals surface area (Å²) in [7, 11) is 0. The van der Waals surface area contributed by atoms with Crippen molar-refractivity contribution in [2.75, 3.05) is 4.90 Å². The van der Waals surface area contributed by atoms with Crippen LogP contribution in [0.3, 0.4) is 0 Å². The van der Waals surface area contributed by atoms with Crippen molar-refractivity contribution in [2.24, 2.45) is 0 Å². The molecule has 1 aliphatic carbocycles. The van der Waals surface area contributed by atoms with E-state index >= 15 is 0 Å². The fourth-order valence-corrected chi connectivity index (χ4v) is 8.68. The van der Waals surface area contributed by atoms with E-state index in [4.69, 9.17) is 4.98 Å². The zero-order chi connectivity index (χ0) is 35.0. The molecule has 0 bridgehead atoms. The Morgan fingerprint density at radius 1 is 0.453 bits per heavy atom. The van der Waals surface area contributed by atoms with Crippen LogP contribution in [0.5, 0.6) is 0 Å². The molecular formula is C50H33N3. The lowest BCUT2D eigenvalue weighted by Crippen LogP contribution is -2.11. The van der Waals surface area contributed by atoms with E-state index in [0.29, 0.717) is 0 Å². The minimum atomic E-state index is 0.968. The molecule has 0 radical (unpaired) electrons. The SMILES string of the molecule is Cc1ccccc1N(c1ccccc1)c1ccc(-c2ccc3c(ccc4c3c3ccccc3n4-c3ncc4c5c(cccc35)-c3ccccc3-4)c2)cc1. The van der Waals surface area contributed by atoms with Crippen molar-refractivity contribution in [1.29, 1.82) is 0 Å². The van der Waals surface area contributed by atoms with Crippen LogP contribution < -0.4 is 4.90 Å². The first-order chi connectivity index (χ1) is 26.2. The fourth-order valence-electron chi connectivity index (χ4n) is 8.68. The van der Waals surface area contributed by atoms with E-state index in [1.807, 2.05) is 0 Å². The molecule has 2 aromatic heterocycles. The second-order valence-electron chi connectivity index (χ2n) is 14.0. The minimum absolute atomic E-state index is 0.968. The smallest absolute Gasteiger partial charge is 0.145 e. The molecule has 0 N–H and O–H groups in total. The highest BCUT2D eigenvalue weighted by molar-refractivity contribution is 6.23. The highest BCUT2D eigenvalue weighted by Crippen LogP contribution is 2.49. The van der Waals surface area contributed by atoms with Crippen molar-refractivity contribution < 1.29 is 0 Å². The number of fused-ring (bicyclic) bond motifs is 8. The van der Waals surface area contributed by atoms with Gasteiger partial charge in [0.2, 0.25) is 0 Å². The molecule has 53 heavy (non-hydrogen) atoms. The molecule has 1 aliphatic rings. The van der Waals surface area contributed by atoms with E-state index in [9.17, 15) is 0 Å². The lowest BCUT2D eigenvalue weighted by Gasteiger charge is -2.27. The van der Waals surface area contributed by atoms with Gasteiger partial charge in [0, 0.05) is 50.4 Å². The average Bonchev–Trinajstić information content (AvgIpc) is 3.73. The maximum absolute atomic E-state index is 5.21. The number of aromatic nitrogens is 2. The highest BCUT2D eigenvalue weighted by atomic mass is 15.1. The van der Waals surface area contributed by atoms with Gasteiger partial charge in [0.1, 0.15) is 5.82 Å². The molecular weight excluding hydrogens is 643 g/mol. The summed E-state index contributed by atoms with van der Waals surface area (Å²) < 4.78 is 2.37. The van der Waals surface area contributed by atoms with Crippen molar-refractivity contribution >= 4 is 60.4 Å². The van der Waals surface area contributed by atoms with Crippen molar-refractivity contribution in [3.8, 4) is 39.2 Å². The predicted molar refractivity (Wildman–Crippen MR) is 223 cm³/mol. The van der Waals surface area contributed by atoms with Crippen LogP contribution >= 0.6 is 0 Å². The van der Waals surface area contributed by atoms with Gasteiger partial charge in [-0.25, -0.2) is 4.98 Å². The summed E-state index contributed by atoms with van der Waals surface area (Å²) in [4.78, 5) is 7.54. The largest absolute Gasteiger partial charge is 0.310 e. The molecule has 248 valence electrons. The van der Waals surface area contributed by atoms with Crippen LogP contribution in [0.1, 0.15) is 5.56 Å². The number of aryl methyl sites for hydroxylation is 1. The zero-order valence-electron chi connectivity index (χ0n) is 29.2. The van der Waals surface area contributed by atoms with E-state index in [1.54, 1.807) is 0 Å². The Kier molecular flexibility index (Phi) is 6.47. The third-order valence-electron chi connectivity index (χ3n) is 11.1. The Bertz CT molecular complexity index is 3030. The number of anilines is 3. The summed E-state index contributed by atoms with van der Waals surface area (Å²) in [5.41, 5.74) is 14.4. The summed E-state index contributed by atoms with van der Waals surface area (Å²) in [5.74, 6) is 0.968. The summed E-state index contributed by atoms with van der Waals surface area (Å²) in [6, 6.07) is 63.7. The van der Waals surface area contributed by atoms with Crippen LogP contribution in [0.2, 0.25) is 0 Å². The summed E-state index contributed by atoms with van der Waals surface area (Å²) >= 11 is 0. The first-order valence-corrected chi connectivity index (χ1v) is 18.2. The van der Waals surface area contributed by atoms with Gasteiger partial charge in [0.05, 0.1) is 11.0 Å². The van der Waals surface area contributed by atoms with Crippen molar-refractivity contribution in [1.82, 2.24) is 9.55 Å². The normalized spacial score (nSPS) is 11.9. The third kappa shape index (κ3) is 4.44. The van der Waals surface area contributed by atoms with Gasteiger partial charge in [-0.05, 0) is 99.6 Å². The molecule has 0 spiro atoms. The van der Waals surface area contributed by atoms with Gasteiger partial charge in [-0.1, -0.05) is 127 Å². The van der Waals surface area contributed by atoms with Crippen molar-refractivity contribution in [3.63, 3.8) is 0 Å². The molecule has 0 saturated heterocycles. The summed E-state index contributed by atoms with van der Waals surface area (Å²) in [5, 5.41) is 7.40. The van der Waals surface area contributed by atoms with Crippen molar-refractivity contribution in [2.45, 2.75) is 6.92 Å². The summed E-state index contributed by atoms with van der Waals surface area (Å²) in [6.45, 7) is 2.17. The lowest BCUT2D eigenvalue weighted by molar-refractivity contribution is 1.10. The van der Waals surface area contributed by atoms with Crippen LogP contribution in [-0.2, 0) is 0 Å². The standard InChI is InChI=1S/C50H33N3/c1-32-12-5-9-20-45(32)52(36-13-3-2-4-14-36)37-26-22-33(23-27-37)34-24-28-38-35(30-34)25-29-47-49(38)42-17-8-10-21-46(42)53(47)50-43-19-11-18-41-39-15-6-7-16-40(39)44(31-51-50)48(41)43/h2-31H,1H3. The number of benzene rings is 8. The first kappa shape index (κ1) is 29.7. The quantitative estimate of drug-likeness (QED) is 0.181. The number of nitrogens with zero attached hydrogens (tertiary/aromatic N) is 3. The van der Waals surface area contributed by atoms with Crippen LogP contribution in [0, 0.1) is 6.92 Å². The Labute approximate surface area is 307 Å². The molecule has 0 unspecified atom stereocenters. The van der Waals surface area contributed by atoms with Gasteiger partial charge < -0.3 is 4.90 Å². The molecule has 0 saturated carbocycles. The molecule has 11 rings (SSSR count). The molecule has 3 heteroatoms. The van der Waals surface area contributed by atoms with E-state index in [2.05, 4.69) is 199 Å².